The van der Waals surface area contributed by atoms with Gasteiger partial charge in [-0.05, 0) is 63.4 Å². The lowest BCUT2D eigenvalue weighted by molar-refractivity contribution is -0.142. The number of nitrogens with zero attached hydrogens (tertiary/aromatic N) is 4. The Morgan fingerprint density at radius 3 is 2.47 bits per heavy atom. The number of carbonyl (C=O) groups excluding carboxylic acids is 3. The van der Waals surface area contributed by atoms with Crippen LogP contribution < -0.4 is 5.32 Å². The second-order valence-electron chi connectivity index (χ2n) is 9.98. The Morgan fingerprint density at radius 2 is 1.79 bits per heavy atom. The first-order valence-electron chi connectivity index (χ1n) is 12.9. The molecular formula is C26H39N5O3. The summed E-state index contributed by atoms with van der Waals surface area (Å²) in [6.45, 7) is 15.8. The van der Waals surface area contributed by atoms with Crippen molar-refractivity contribution in [3.05, 3.63) is 36.1 Å². The van der Waals surface area contributed by atoms with Crippen molar-refractivity contribution in [2.75, 3.05) is 58.9 Å². The van der Waals surface area contributed by atoms with Crippen LogP contribution in [0.2, 0.25) is 0 Å². The largest absolute Gasteiger partial charge is 0.369 e. The third-order valence-corrected chi connectivity index (χ3v) is 7.60. The van der Waals surface area contributed by atoms with Crippen LogP contribution in [0.4, 0.5) is 0 Å². The molecule has 4 heterocycles. The summed E-state index contributed by atoms with van der Waals surface area (Å²) >= 11 is 0. The van der Waals surface area contributed by atoms with Crippen LogP contribution in [0.3, 0.4) is 0 Å². The number of piperazine rings is 1. The molecular weight excluding hydrogens is 430 g/mol. The summed E-state index contributed by atoms with van der Waals surface area (Å²) in [5.41, 5.74) is 1.50. The summed E-state index contributed by atoms with van der Waals surface area (Å²) in [7, 11) is 0. The van der Waals surface area contributed by atoms with Crippen LogP contribution in [0, 0.1) is 5.92 Å². The number of amides is 3. The van der Waals surface area contributed by atoms with Gasteiger partial charge in [0.1, 0.15) is 6.04 Å². The molecule has 4 rings (SSSR count). The quantitative estimate of drug-likeness (QED) is 0.428. The maximum atomic E-state index is 12.8. The normalized spacial score (nSPS) is 25.9. The lowest BCUT2D eigenvalue weighted by atomic mass is 9.96. The van der Waals surface area contributed by atoms with Crippen molar-refractivity contribution in [3.8, 4) is 0 Å². The standard InChI is InChI=1S/C26H39N5O3/c1-3-11-28-12-8-21(9-13-28)19-29-15-17-30(18-16-29)20(2)4-5-22-10-14-31(26(22)34)23-6-7-24(32)27-25(23)33/h4-5,10,21,23H,2-3,6-9,11-19H2,1H3,(H,27,32,33)/b5-4-/t23-/m1/s1. The predicted octanol–water partition coefficient (Wildman–Crippen LogP) is 1.37. The molecule has 0 bridgehead atoms. The molecule has 3 saturated heterocycles. The second kappa shape index (κ2) is 11.3. The Bertz CT molecular complexity index is 850. The highest BCUT2D eigenvalue weighted by molar-refractivity contribution is 6.05. The third kappa shape index (κ3) is 5.96. The van der Waals surface area contributed by atoms with Gasteiger partial charge in [0.2, 0.25) is 11.8 Å². The zero-order valence-corrected chi connectivity index (χ0v) is 20.5. The Labute approximate surface area is 203 Å². The summed E-state index contributed by atoms with van der Waals surface area (Å²) in [5.74, 6) is 0.00971. The molecule has 0 radical (unpaired) electrons. The molecule has 0 aromatic heterocycles. The number of rotatable bonds is 8. The van der Waals surface area contributed by atoms with Crippen LogP contribution in [0.25, 0.3) is 0 Å². The number of imide groups is 1. The molecule has 4 aliphatic heterocycles. The zero-order chi connectivity index (χ0) is 24.1. The van der Waals surface area contributed by atoms with Gasteiger partial charge in [-0.15, -0.1) is 0 Å². The van der Waals surface area contributed by atoms with Crippen molar-refractivity contribution in [1.29, 1.82) is 0 Å². The number of nitrogens with one attached hydrogen (secondary N) is 1. The van der Waals surface area contributed by atoms with Crippen LogP contribution in [0.1, 0.15) is 39.0 Å². The maximum Gasteiger partial charge on any atom is 0.254 e. The maximum absolute atomic E-state index is 12.8. The molecule has 4 aliphatic rings. The van der Waals surface area contributed by atoms with E-state index in [-0.39, 0.29) is 24.1 Å². The number of hydrogen-bond donors (Lipinski definition) is 1. The molecule has 0 aromatic rings. The van der Waals surface area contributed by atoms with E-state index < -0.39 is 6.04 Å². The Kier molecular flexibility index (Phi) is 8.21. The molecule has 0 spiro atoms. The minimum absolute atomic E-state index is 0.159. The third-order valence-electron chi connectivity index (χ3n) is 7.60. The summed E-state index contributed by atoms with van der Waals surface area (Å²) in [4.78, 5) is 45.3. The summed E-state index contributed by atoms with van der Waals surface area (Å²) < 4.78 is 0. The summed E-state index contributed by atoms with van der Waals surface area (Å²) in [6.07, 6.45) is 10.1. The van der Waals surface area contributed by atoms with Crippen molar-refractivity contribution >= 4 is 17.7 Å². The fraction of sp³-hybridized carbons (Fsp3) is 0.654. The second-order valence-corrected chi connectivity index (χ2v) is 9.98. The molecule has 186 valence electrons. The predicted molar refractivity (Wildman–Crippen MR) is 132 cm³/mol. The van der Waals surface area contributed by atoms with Crippen LogP contribution >= 0.6 is 0 Å². The SMILES string of the molecule is C=C(/C=C\C1=CCN([C@@H]2CCC(=O)NC2=O)C1=O)N1CCN(CC2CCN(CCC)CC2)CC1. The van der Waals surface area contributed by atoms with Crippen LogP contribution in [0.15, 0.2) is 36.1 Å². The van der Waals surface area contributed by atoms with Crippen molar-refractivity contribution in [2.45, 2.75) is 45.1 Å². The first-order valence-corrected chi connectivity index (χ1v) is 12.9. The van der Waals surface area contributed by atoms with Gasteiger partial charge in [-0.2, -0.15) is 0 Å². The van der Waals surface area contributed by atoms with E-state index in [0.29, 0.717) is 18.5 Å². The zero-order valence-electron chi connectivity index (χ0n) is 20.5. The first kappa shape index (κ1) is 24.7. The van der Waals surface area contributed by atoms with Gasteiger partial charge in [-0.1, -0.05) is 19.6 Å². The van der Waals surface area contributed by atoms with Gasteiger partial charge < -0.3 is 14.7 Å². The van der Waals surface area contributed by atoms with Gasteiger partial charge in [-0.25, -0.2) is 0 Å². The van der Waals surface area contributed by atoms with E-state index in [1.54, 1.807) is 4.90 Å². The Morgan fingerprint density at radius 1 is 1.06 bits per heavy atom. The molecule has 1 N–H and O–H groups in total. The van der Waals surface area contributed by atoms with Crippen molar-refractivity contribution < 1.29 is 14.4 Å². The van der Waals surface area contributed by atoms with E-state index in [4.69, 9.17) is 0 Å². The van der Waals surface area contributed by atoms with E-state index in [1.807, 2.05) is 18.2 Å². The van der Waals surface area contributed by atoms with Gasteiger partial charge in [0.05, 0.1) is 0 Å². The number of allylic oxidation sites excluding steroid dienone is 1. The van der Waals surface area contributed by atoms with E-state index in [2.05, 4.69) is 33.5 Å². The lowest BCUT2D eigenvalue weighted by Crippen LogP contribution is -2.53. The molecule has 34 heavy (non-hydrogen) atoms. The molecule has 8 nitrogen and oxygen atoms in total. The number of carbonyl (C=O) groups is 3. The van der Waals surface area contributed by atoms with E-state index in [1.165, 1.54) is 45.4 Å². The van der Waals surface area contributed by atoms with Gasteiger partial charge in [0.15, 0.2) is 0 Å². The number of likely N-dealkylation sites (tertiary alicyclic amines) is 1. The molecule has 1 atom stereocenters. The van der Waals surface area contributed by atoms with Gasteiger partial charge in [0.25, 0.3) is 5.91 Å². The fourth-order valence-electron chi connectivity index (χ4n) is 5.50. The van der Waals surface area contributed by atoms with Crippen molar-refractivity contribution in [3.63, 3.8) is 0 Å². The lowest BCUT2D eigenvalue weighted by Gasteiger charge is -2.39. The highest BCUT2D eigenvalue weighted by Crippen LogP contribution is 2.22. The average Bonchev–Trinajstić information content (AvgIpc) is 3.19. The monoisotopic (exact) mass is 469 g/mol. The molecule has 0 aromatic carbocycles. The van der Waals surface area contributed by atoms with E-state index in [0.717, 1.165) is 37.8 Å². The molecule has 3 amide bonds. The summed E-state index contributed by atoms with van der Waals surface area (Å²) in [5, 5.41) is 2.33. The van der Waals surface area contributed by atoms with E-state index >= 15 is 0 Å². The summed E-state index contributed by atoms with van der Waals surface area (Å²) in [6, 6.07) is -0.567. The molecule has 0 saturated carbocycles. The Balaban J connectivity index is 1.19. The number of hydrogen-bond acceptors (Lipinski definition) is 6. The van der Waals surface area contributed by atoms with Crippen molar-refractivity contribution in [1.82, 2.24) is 24.9 Å². The highest BCUT2D eigenvalue weighted by Gasteiger charge is 2.36. The smallest absolute Gasteiger partial charge is 0.254 e. The topological polar surface area (TPSA) is 76.2 Å². The fourth-order valence-corrected chi connectivity index (χ4v) is 5.50. The van der Waals surface area contributed by atoms with Gasteiger partial charge >= 0.3 is 0 Å². The molecule has 8 heteroatoms. The van der Waals surface area contributed by atoms with Crippen LogP contribution in [-0.4, -0.2) is 102 Å². The first-order chi connectivity index (χ1) is 16.4. The van der Waals surface area contributed by atoms with E-state index in [9.17, 15) is 14.4 Å². The van der Waals surface area contributed by atoms with Crippen LogP contribution in [-0.2, 0) is 14.4 Å². The van der Waals surface area contributed by atoms with Crippen LogP contribution in [0.5, 0.6) is 0 Å². The average molecular weight is 470 g/mol. The molecule has 0 unspecified atom stereocenters. The minimum Gasteiger partial charge on any atom is -0.369 e. The highest BCUT2D eigenvalue weighted by atomic mass is 16.2. The molecule has 3 fully saturated rings. The van der Waals surface area contributed by atoms with Gasteiger partial charge in [0, 0.05) is 57.0 Å². The Hall–Kier alpha value is -2.45. The minimum atomic E-state index is -0.567. The number of piperidine rings is 2. The van der Waals surface area contributed by atoms with Crippen molar-refractivity contribution in [2.24, 2.45) is 5.92 Å². The van der Waals surface area contributed by atoms with Gasteiger partial charge in [-0.3, -0.25) is 24.6 Å². The molecule has 0 aliphatic carbocycles.